The van der Waals surface area contributed by atoms with E-state index in [0.29, 0.717) is 12.8 Å². The molecule has 0 spiro atoms. The molecule has 84 valence electrons. The molecule has 0 saturated carbocycles. The number of carbonyl (C=O) groups excluding carboxylic acids is 1. The summed E-state index contributed by atoms with van der Waals surface area (Å²) in [6.45, 7) is 0.178. The minimum absolute atomic E-state index is 0.0936. The van der Waals surface area contributed by atoms with Crippen LogP contribution in [0.3, 0.4) is 0 Å². The summed E-state index contributed by atoms with van der Waals surface area (Å²) in [4.78, 5) is 11.2. The highest BCUT2D eigenvalue weighted by Gasteiger charge is 2.13. The number of anilines is 1. The summed E-state index contributed by atoms with van der Waals surface area (Å²) >= 11 is 0. The molecule has 16 heavy (non-hydrogen) atoms. The average molecular weight is 217 g/mol. The van der Waals surface area contributed by atoms with Gasteiger partial charge in [0, 0.05) is 18.7 Å². The van der Waals surface area contributed by atoms with Gasteiger partial charge in [0.1, 0.15) is 0 Å². The largest absolute Gasteiger partial charge is 0.396 e. The number of amides is 1. The molecule has 1 aliphatic rings. The van der Waals surface area contributed by atoms with Crippen LogP contribution in [-0.4, -0.2) is 17.6 Å². The second kappa shape index (κ2) is 4.94. The average Bonchev–Trinajstić information content (AvgIpc) is 2.29. The first-order valence-corrected chi connectivity index (χ1v) is 5.50. The van der Waals surface area contributed by atoms with Crippen molar-refractivity contribution in [1.29, 1.82) is 0 Å². The van der Waals surface area contributed by atoms with E-state index in [4.69, 9.17) is 5.11 Å². The molecule has 1 aliphatic heterocycles. The first-order chi connectivity index (χ1) is 7.79. The SMILES string of the molecule is O=C1CCc2cc(C=CCCO)ccc2N1. The molecular weight excluding hydrogens is 202 g/mol. The molecular formula is C13H15NO2. The lowest BCUT2D eigenvalue weighted by Gasteiger charge is -2.16. The van der Waals surface area contributed by atoms with Crippen LogP contribution in [0.4, 0.5) is 5.69 Å². The van der Waals surface area contributed by atoms with Crippen LogP contribution in [0.15, 0.2) is 24.3 Å². The van der Waals surface area contributed by atoms with Crippen molar-refractivity contribution in [3.8, 4) is 0 Å². The van der Waals surface area contributed by atoms with Crippen LogP contribution in [0.5, 0.6) is 0 Å². The molecule has 0 aromatic heterocycles. The van der Waals surface area contributed by atoms with E-state index in [2.05, 4.69) is 11.4 Å². The number of rotatable bonds is 3. The monoisotopic (exact) mass is 217 g/mol. The number of hydrogen-bond acceptors (Lipinski definition) is 2. The molecule has 1 amide bonds. The standard InChI is InChI=1S/C13H15NO2/c15-8-2-1-3-10-4-6-12-11(9-10)5-7-13(16)14-12/h1,3-4,6,9,15H,2,5,7-8H2,(H,14,16). The number of carbonyl (C=O) groups is 1. The molecule has 0 saturated heterocycles. The molecule has 0 radical (unpaired) electrons. The molecule has 2 N–H and O–H groups in total. The second-order valence-electron chi connectivity index (χ2n) is 3.88. The van der Waals surface area contributed by atoms with Crippen molar-refractivity contribution in [2.75, 3.05) is 11.9 Å². The minimum Gasteiger partial charge on any atom is -0.396 e. The number of fused-ring (bicyclic) bond motifs is 1. The molecule has 0 unspecified atom stereocenters. The fourth-order valence-electron chi connectivity index (χ4n) is 1.80. The summed E-state index contributed by atoms with van der Waals surface area (Å²) in [7, 11) is 0. The molecule has 1 aromatic carbocycles. The van der Waals surface area contributed by atoms with E-state index in [0.717, 1.165) is 17.7 Å². The third-order valence-corrected chi connectivity index (χ3v) is 2.63. The molecule has 2 rings (SSSR count). The number of aliphatic hydroxyl groups is 1. The van der Waals surface area contributed by atoms with Crippen LogP contribution < -0.4 is 5.32 Å². The Labute approximate surface area is 94.8 Å². The van der Waals surface area contributed by atoms with Crippen molar-refractivity contribution < 1.29 is 9.90 Å². The van der Waals surface area contributed by atoms with Crippen LogP contribution in [0.1, 0.15) is 24.0 Å². The minimum atomic E-state index is 0.0936. The highest BCUT2D eigenvalue weighted by atomic mass is 16.2. The van der Waals surface area contributed by atoms with E-state index in [1.54, 1.807) is 0 Å². The van der Waals surface area contributed by atoms with Crippen LogP contribution in [0.25, 0.3) is 6.08 Å². The normalized spacial score (nSPS) is 14.9. The van der Waals surface area contributed by atoms with E-state index in [1.165, 1.54) is 5.56 Å². The Bertz CT molecular complexity index is 424. The van der Waals surface area contributed by atoms with Crippen molar-refractivity contribution in [1.82, 2.24) is 0 Å². The summed E-state index contributed by atoms with van der Waals surface area (Å²) in [5.74, 6) is 0.0936. The van der Waals surface area contributed by atoms with Gasteiger partial charge in [-0.05, 0) is 36.1 Å². The summed E-state index contributed by atoms with van der Waals surface area (Å²) in [6.07, 6.45) is 5.99. The molecule has 3 heteroatoms. The predicted molar refractivity (Wildman–Crippen MR) is 64.1 cm³/mol. The van der Waals surface area contributed by atoms with E-state index in [-0.39, 0.29) is 12.5 Å². The molecule has 0 atom stereocenters. The van der Waals surface area contributed by atoms with Gasteiger partial charge in [-0.1, -0.05) is 18.2 Å². The van der Waals surface area contributed by atoms with Crippen molar-refractivity contribution in [3.05, 3.63) is 35.4 Å². The fraction of sp³-hybridized carbons (Fsp3) is 0.308. The quantitative estimate of drug-likeness (QED) is 0.813. The Kier molecular flexibility index (Phi) is 3.37. The van der Waals surface area contributed by atoms with E-state index in [1.807, 2.05) is 24.3 Å². The van der Waals surface area contributed by atoms with Crippen LogP contribution in [0.2, 0.25) is 0 Å². The van der Waals surface area contributed by atoms with Gasteiger partial charge in [0.15, 0.2) is 0 Å². The predicted octanol–water partition coefficient (Wildman–Crippen LogP) is 1.97. The lowest BCUT2D eigenvalue weighted by Crippen LogP contribution is -2.18. The number of benzene rings is 1. The molecule has 3 nitrogen and oxygen atoms in total. The second-order valence-corrected chi connectivity index (χ2v) is 3.88. The van der Waals surface area contributed by atoms with Gasteiger partial charge in [-0.3, -0.25) is 4.79 Å². The van der Waals surface area contributed by atoms with Crippen LogP contribution in [0, 0.1) is 0 Å². The van der Waals surface area contributed by atoms with Crippen molar-refractivity contribution >= 4 is 17.7 Å². The molecule has 0 aliphatic carbocycles. The Balaban J connectivity index is 2.16. The zero-order valence-corrected chi connectivity index (χ0v) is 9.07. The number of hydrogen-bond donors (Lipinski definition) is 2. The summed E-state index contributed by atoms with van der Waals surface area (Å²) in [5.41, 5.74) is 3.23. The lowest BCUT2D eigenvalue weighted by atomic mass is 10.0. The first-order valence-electron chi connectivity index (χ1n) is 5.50. The van der Waals surface area contributed by atoms with Gasteiger partial charge in [-0.15, -0.1) is 0 Å². The summed E-state index contributed by atoms with van der Waals surface area (Å²) in [6, 6.07) is 5.99. The first kappa shape index (κ1) is 10.9. The van der Waals surface area contributed by atoms with Crippen molar-refractivity contribution in [2.45, 2.75) is 19.3 Å². The van der Waals surface area contributed by atoms with Crippen molar-refractivity contribution in [3.63, 3.8) is 0 Å². The van der Waals surface area contributed by atoms with Gasteiger partial charge in [-0.2, -0.15) is 0 Å². The molecule has 1 heterocycles. The highest BCUT2D eigenvalue weighted by Crippen LogP contribution is 2.23. The van der Waals surface area contributed by atoms with Gasteiger partial charge >= 0.3 is 0 Å². The van der Waals surface area contributed by atoms with Gasteiger partial charge < -0.3 is 10.4 Å². The Hall–Kier alpha value is -1.61. The van der Waals surface area contributed by atoms with E-state index >= 15 is 0 Å². The van der Waals surface area contributed by atoms with E-state index < -0.39 is 0 Å². The molecule has 1 aromatic rings. The third kappa shape index (κ3) is 2.49. The Morgan fingerprint density at radius 1 is 1.38 bits per heavy atom. The van der Waals surface area contributed by atoms with Crippen LogP contribution in [-0.2, 0) is 11.2 Å². The van der Waals surface area contributed by atoms with Crippen molar-refractivity contribution in [2.24, 2.45) is 0 Å². The molecule has 0 bridgehead atoms. The number of aliphatic hydroxyl groups excluding tert-OH is 1. The number of nitrogens with one attached hydrogen (secondary N) is 1. The topological polar surface area (TPSA) is 49.3 Å². The Morgan fingerprint density at radius 3 is 3.06 bits per heavy atom. The third-order valence-electron chi connectivity index (χ3n) is 2.63. The van der Waals surface area contributed by atoms with Gasteiger partial charge in [0.25, 0.3) is 0 Å². The zero-order valence-electron chi connectivity index (χ0n) is 9.07. The Morgan fingerprint density at radius 2 is 2.25 bits per heavy atom. The fourth-order valence-corrected chi connectivity index (χ4v) is 1.80. The molecule has 0 fully saturated rings. The van der Waals surface area contributed by atoms with Gasteiger partial charge in [0.05, 0.1) is 0 Å². The summed E-state index contributed by atoms with van der Waals surface area (Å²) in [5, 5.41) is 11.5. The smallest absolute Gasteiger partial charge is 0.224 e. The van der Waals surface area contributed by atoms with E-state index in [9.17, 15) is 4.79 Å². The maximum atomic E-state index is 11.2. The summed E-state index contributed by atoms with van der Waals surface area (Å²) < 4.78 is 0. The van der Waals surface area contributed by atoms with Crippen LogP contribution >= 0.6 is 0 Å². The van der Waals surface area contributed by atoms with Gasteiger partial charge in [-0.25, -0.2) is 0 Å². The number of aryl methyl sites for hydroxylation is 1. The lowest BCUT2D eigenvalue weighted by molar-refractivity contribution is -0.116. The van der Waals surface area contributed by atoms with Gasteiger partial charge in [0.2, 0.25) is 5.91 Å². The maximum Gasteiger partial charge on any atom is 0.224 e. The highest BCUT2D eigenvalue weighted by molar-refractivity contribution is 5.94. The zero-order chi connectivity index (χ0) is 11.4. The maximum absolute atomic E-state index is 11.2.